The summed E-state index contributed by atoms with van der Waals surface area (Å²) < 4.78 is 12.9. The molecule has 1 aliphatic rings. The predicted molar refractivity (Wildman–Crippen MR) is 112 cm³/mol. The van der Waals surface area contributed by atoms with Gasteiger partial charge in [-0.2, -0.15) is 0 Å². The number of nitrogens with one attached hydrogen (secondary N) is 2. The van der Waals surface area contributed by atoms with Crippen molar-refractivity contribution in [2.75, 3.05) is 44.6 Å². The molecule has 0 aromatic heterocycles. The van der Waals surface area contributed by atoms with Gasteiger partial charge in [0.05, 0.1) is 13.1 Å². The van der Waals surface area contributed by atoms with Crippen molar-refractivity contribution in [2.45, 2.75) is 0 Å². The molecule has 1 saturated heterocycles. The SMILES string of the molecule is O=C(CN1CCN(C(=O)CNC(=O)c2cccc(Cl)c2)CC1)Nc1ccc(F)cc1. The van der Waals surface area contributed by atoms with Crippen LogP contribution in [-0.2, 0) is 9.59 Å². The van der Waals surface area contributed by atoms with Crippen LogP contribution in [0.3, 0.4) is 0 Å². The number of rotatable bonds is 6. The summed E-state index contributed by atoms with van der Waals surface area (Å²) in [6.45, 7) is 2.11. The molecule has 0 saturated carbocycles. The molecule has 2 N–H and O–H groups in total. The maximum atomic E-state index is 12.9. The highest BCUT2D eigenvalue weighted by Crippen LogP contribution is 2.11. The monoisotopic (exact) mass is 432 g/mol. The minimum atomic E-state index is -0.363. The molecule has 0 atom stereocenters. The van der Waals surface area contributed by atoms with Crippen molar-refractivity contribution in [3.63, 3.8) is 0 Å². The number of anilines is 1. The van der Waals surface area contributed by atoms with Crippen molar-refractivity contribution in [2.24, 2.45) is 0 Å². The molecule has 1 heterocycles. The van der Waals surface area contributed by atoms with Crippen LogP contribution < -0.4 is 10.6 Å². The number of carbonyl (C=O) groups excluding carboxylic acids is 3. The quantitative estimate of drug-likeness (QED) is 0.731. The molecule has 1 fully saturated rings. The summed E-state index contributed by atoms with van der Waals surface area (Å²) in [6.07, 6.45) is 0. The minimum absolute atomic E-state index is 0.101. The highest BCUT2D eigenvalue weighted by atomic mass is 35.5. The zero-order valence-corrected chi connectivity index (χ0v) is 17.0. The maximum absolute atomic E-state index is 12.9. The van der Waals surface area contributed by atoms with Gasteiger partial charge in [0.15, 0.2) is 0 Å². The molecule has 9 heteroatoms. The van der Waals surface area contributed by atoms with Crippen LogP contribution in [0.1, 0.15) is 10.4 Å². The first-order chi connectivity index (χ1) is 14.4. The van der Waals surface area contributed by atoms with E-state index in [9.17, 15) is 18.8 Å². The highest BCUT2D eigenvalue weighted by Gasteiger charge is 2.22. The third-order valence-electron chi connectivity index (χ3n) is 4.71. The van der Waals surface area contributed by atoms with E-state index in [0.717, 1.165) is 0 Å². The van der Waals surface area contributed by atoms with Crippen molar-refractivity contribution in [1.29, 1.82) is 0 Å². The number of hydrogen-bond donors (Lipinski definition) is 2. The predicted octanol–water partition coefficient (Wildman–Crippen LogP) is 1.99. The highest BCUT2D eigenvalue weighted by molar-refractivity contribution is 6.31. The molecule has 1 aliphatic heterocycles. The summed E-state index contributed by atoms with van der Waals surface area (Å²) in [6, 6.07) is 12.1. The molecule has 0 unspecified atom stereocenters. The molecule has 3 amide bonds. The van der Waals surface area contributed by atoms with Gasteiger partial charge in [-0.1, -0.05) is 17.7 Å². The van der Waals surface area contributed by atoms with Gasteiger partial charge in [0.25, 0.3) is 5.91 Å². The summed E-state index contributed by atoms with van der Waals surface area (Å²) in [5, 5.41) is 5.78. The van der Waals surface area contributed by atoms with E-state index in [-0.39, 0.29) is 36.6 Å². The van der Waals surface area contributed by atoms with Crippen molar-refractivity contribution in [3.05, 3.63) is 64.9 Å². The number of carbonyl (C=O) groups is 3. The molecule has 0 radical (unpaired) electrons. The smallest absolute Gasteiger partial charge is 0.251 e. The molecule has 7 nitrogen and oxygen atoms in total. The van der Waals surface area contributed by atoms with Gasteiger partial charge in [0, 0.05) is 42.5 Å². The van der Waals surface area contributed by atoms with Gasteiger partial charge in [0.2, 0.25) is 11.8 Å². The van der Waals surface area contributed by atoms with E-state index < -0.39 is 0 Å². The molecule has 0 aliphatic carbocycles. The fourth-order valence-corrected chi connectivity index (χ4v) is 3.28. The molecule has 0 spiro atoms. The lowest BCUT2D eigenvalue weighted by atomic mass is 10.2. The molecule has 158 valence electrons. The van der Waals surface area contributed by atoms with E-state index in [4.69, 9.17) is 11.6 Å². The number of benzene rings is 2. The maximum Gasteiger partial charge on any atom is 0.251 e. The van der Waals surface area contributed by atoms with Crippen molar-refractivity contribution >= 4 is 35.0 Å². The summed E-state index contributed by atoms with van der Waals surface area (Å²) >= 11 is 5.87. The Balaban J connectivity index is 1.39. The molecule has 30 heavy (non-hydrogen) atoms. The average Bonchev–Trinajstić information content (AvgIpc) is 2.74. The Morgan fingerprint density at radius 3 is 2.37 bits per heavy atom. The van der Waals surface area contributed by atoms with Crippen molar-refractivity contribution in [1.82, 2.24) is 15.1 Å². The Labute approximate surface area is 178 Å². The second-order valence-electron chi connectivity index (χ2n) is 6.91. The zero-order valence-electron chi connectivity index (χ0n) is 16.2. The van der Waals surface area contributed by atoms with Crippen LogP contribution in [0.15, 0.2) is 48.5 Å². The fraction of sp³-hybridized carbons (Fsp3) is 0.286. The Bertz CT molecular complexity index is 915. The van der Waals surface area contributed by atoms with E-state index in [1.165, 1.54) is 30.3 Å². The van der Waals surface area contributed by atoms with Crippen LogP contribution in [0.5, 0.6) is 0 Å². The third-order valence-corrected chi connectivity index (χ3v) is 4.94. The van der Waals surface area contributed by atoms with Crippen LogP contribution >= 0.6 is 11.6 Å². The van der Waals surface area contributed by atoms with E-state index >= 15 is 0 Å². The van der Waals surface area contributed by atoms with E-state index in [1.54, 1.807) is 23.1 Å². The molecule has 2 aromatic rings. The van der Waals surface area contributed by atoms with Gasteiger partial charge in [-0.05, 0) is 42.5 Å². The first-order valence-electron chi connectivity index (χ1n) is 9.50. The number of nitrogens with zero attached hydrogens (tertiary/aromatic N) is 2. The molecular formula is C21H22ClFN4O3. The molecule has 0 bridgehead atoms. The lowest BCUT2D eigenvalue weighted by Gasteiger charge is -2.34. The van der Waals surface area contributed by atoms with Crippen LogP contribution in [-0.4, -0.2) is 66.8 Å². The van der Waals surface area contributed by atoms with Gasteiger partial charge in [-0.3, -0.25) is 19.3 Å². The Hall–Kier alpha value is -2.97. The number of amides is 3. The fourth-order valence-electron chi connectivity index (χ4n) is 3.09. The lowest BCUT2D eigenvalue weighted by Crippen LogP contribution is -2.52. The first-order valence-corrected chi connectivity index (χ1v) is 9.88. The van der Waals surface area contributed by atoms with Gasteiger partial charge in [-0.25, -0.2) is 4.39 Å². The molecular weight excluding hydrogens is 411 g/mol. The minimum Gasteiger partial charge on any atom is -0.343 e. The van der Waals surface area contributed by atoms with Crippen LogP contribution in [0.4, 0.5) is 10.1 Å². The van der Waals surface area contributed by atoms with Gasteiger partial charge in [-0.15, -0.1) is 0 Å². The normalized spacial score (nSPS) is 14.3. The summed E-state index contributed by atoms with van der Waals surface area (Å²) in [4.78, 5) is 40.2. The Kier molecular flexibility index (Phi) is 7.37. The lowest BCUT2D eigenvalue weighted by molar-refractivity contribution is -0.132. The first kappa shape index (κ1) is 21.7. The van der Waals surface area contributed by atoms with Gasteiger partial charge in [0.1, 0.15) is 5.82 Å². The summed E-state index contributed by atoms with van der Waals surface area (Å²) in [5.74, 6) is -1.10. The molecule has 2 aromatic carbocycles. The standard InChI is InChI=1S/C21H22ClFN4O3/c22-16-3-1-2-15(12-16)21(30)24-13-20(29)27-10-8-26(9-11-27)14-19(28)25-18-6-4-17(23)5-7-18/h1-7,12H,8-11,13-14H2,(H,24,30)(H,25,28). The number of piperazine rings is 1. The van der Waals surface area contributed by atoms with E-state index in [2.05, 4.69) is 10.6 Å². The van der Waals surface area contributed by atoms with Gasteiger partial charge < -0.3 is 15.5 Å². The third kappa shape index (κ3) is 6.27. The topological polar surface area (TPSA) is 81.8 Å². The van der Waals surface area contributed by atoms with Crippen LogP contribution in [0, 0.1) is 5.82 Å². The number of hydrogen-bond acceptors (Lipinski definition) is 4. The second-order valence-corrected chi connectivity index (χ2v) is 7.34. The van der Waals surface area contributed by atoms with Crippen LogP contribution in [0.2, 0.25) is 5.02 Å². The summed E-state index contributed by atoms with van der Waals surface area (Å²) in [5.41, 5.74) is 0.929. The van der Waals surface area contributed by atoms with Crippen molar-refractivity contribution in [3.8, 4) is 0 Å². The van der Waals surface area contributed by atoms with E-state index in [0.29, 0.717) is 42.5 Å². The Morgan fingerprint density at radius 2 is 1.70 bits per heavy atom. The largest absolute Gasteiger partial charge is 0.343 e. The second kappa shape index (κ2) is 10.2. The van der Waals surface area contributed by atoms with Crippen LogP contribution in [0.25, 0.3) is 0 Å². The Morgan fingerprint density at radius 1 is 1.00 bits per heavy atom. The van der Waals surface area contributed by atoms with Crippen molar-refractivity contribution < 1.29 is 18.8 Å². The molecule has 3 rings (SSSR count). The zero-order chi connectivity index (χ0) is 21.5. The average molecular weight is 433 g/mol. The summed E-state index contributed by atoms with van der Waals surface area (Å²) in [7, 11) is 0. The van der Waals surface area contributed by atoms with Gasteiger partial charge >= 0.3 is 0 Å². The number of halogens is 2. The van der Waals surface area contributed by atoms with E-state index in [1.807, 2.05) is 4.90 Å².